The summed E-state index contributed by atoms with van der Waals surface area (Å²) in [6.45, 7) is 11.6. The Balaban J connectivity index is 2.64. The van der Waals surface area contributed by atoms with Gasteiger partial charge >= 0.3 is 0 Å². The summed E-state index contributed by atoms with van der Waals surface area (Å²) in [4.78, 5) is 2.43. The van der Waals surface area contributed by atoms with Crippen LogP contribution in [0.2, 0.25) is 0 Å². The Morgan fingerprint density at radius 1 is 0.923 bits per heavy atom. The summed E-state index contributed by atoms with van der Waals surface area (Å²) in [6, 6.07) is 0. The topological polar surface area (TPSA) is 15.3 Å². The maximum Gasteiger partial charge on any atom is 0.0142 e. The van der Waals surface area contributed by atoms with Crippen LogP contribution >= 0.6 is 0 Å². The van der Waals surface area contributed by atoms with Gasteiger partial charge in [-0.05, 0) is 60.7 Å². The molecule has 0 aromatic rings. The molecule has 1 N–H and O–H groups in total. The van der Waals surface area contributed by atoms with Crippen molar-refractivity contribution in [1.29, 1.82) is 0 Å². The minimum absolute atomic E-state index is 0.276. The van der Waals surface area contributed by atoms with Crippen LogP contribution in [-0.4, -0.2) is 36.1 Å². The summed E-state index contributed by atoms with van der Waals surface area (Å²) in [5.41, 5.74) is 0.552. The maximum absolute atomic E-state index is 3.73. The van der Waals surface area contributed by atoms with Gasteiger partial charge in [0, 0.05) is 11.1 Å². The minimum Gasteiger partial charge on any atom is -0.307 e. The Morgan fingerprint density at radius 3 is 1.69 bits per heavy atom. The standard InChI is InChI=1S/C11H24N2/c1-10(2)6-8-13(5)9-7-11(3,4)12-10/h12H,6-9H2,1-5H3. The molecule has 78 valence electrons. The molecular formula is C11H24N2. The van der Waals surface area contributed by atoms with Gasteiger partial charge in [0.25, 0.3) is 0 Å². The molecule has 0 bridgehead atoms. The summed E-state index contributed by atoms with van der Waals surface area (Å²) in [5.74, 6) is 0. The molecule has 0 unspecified atom stereocenters. The second-order valence-corrected chi connectivity index (χ2v) is 5.70. The Labute approximate surface area is 82.7 Å². The minimum atomic E-state index is 0.276. The molecule has 1 aliphatic rings. The Morgan fingerprint density at radius 2 is 1.31 bits per heavy atom. The van der Waals surface area contributed by atoms with E-state index in [9.17, 15) is 0 Å². The molecular weight excluding hydrogens is 160 g/mol. The van der Waals surface area contributed by atoms with Crippen molar-refractivity contribution in [3.63, 3.8) is 0 Å². The zero-order chi connectivity index (χ0) is 10.1. The van der Waals surface area contributed by atoms with Crippen LogP contribution in [0.4, 0.5) is 0 Å². The molecule has 2 heteroatoms. The maximum atomic E-state index is 3.73. The number of nitrogens with one attached hydrogen (secondary N) is 1. The van der Waals surface area contributed by atoms with Gasteiger partial charge in [-0.3, -0.25) is 0 Å². The summed E-state index contributed by atoms with van der Waals surface area (Å²) in [5, 5.41) is 3.73. The van der Waals surface area contributed by atoms with Gasteiger partial charge in [-0.2, -0.15) is 0 Å². The highest BCUT2D eigenvalue weighted by Gasteiger charge is 2.29. The number of hydrogen-bond donors (Lipinski definition) is 1. The largest absolute Gasteiger partial charge is 0.307 e. The zero-order valence-electron chi connectivity index (χ0n) is 9.78. The Bertz CT molecular complexity index is 155. The van der Waals surface area contributed by atoms with Crippen LogP contribution in [-0.2, 0) is 0 Å². The number of hydrogen-bond acceptors (Lipinski definition) is 2. The molecule has 0 spiro atoms. The predicted octanol–water partition coefficient (Wildman–Crippen LogP) is 1.86. The lowest BCUT2D eigenvalue weighted by atomic mass is 9.90. The van der Waals surface area contributed by atoms with Crippen molar-refractivity contribution in [2.24, 2.45) is 0 Å². The SMILES string of the molecule is CN1CCC(C)(C)NC(C)(C)CC1. The molecule has 1 aliphatic heterocycles. The molecule has 1 heterocycles. The first-order valence-electron chi connectivity index (χ1n) is 5.29. The third-order valence-electron chi connectivity index (χ3n) is 2.91. The highest BCUT2D eigenvalue weighted by molar-refractivity contribution is 4.91. The summed E-state index contributed by atoms with van der Waals surface area (Å²) in [6.07, 6.45) is 2.46. The van der Waals surface area contributed by atoms with E-state index >= 15 is 0 Å². The fraction of sp³-hybridized carbons (Fsp3) is 1.00. The summed E-state index contributed by atoms with van der Waals surface area (Å²) >= 11 is 0. The highest BCUT2D eigenvalue weighted by Crippen LogP contribution is 2.20. The van der Waals surface area contributed by atoms with Crippen molar-refractivity contribution in [3.05, 3.63) is 0 Å². The molecule has 0 aliphatic carbocycles. The molecule has 1 fully saturated rings. The van der Waals surface area contributed by atoms with E-state index in [-0.39, 0.29) is 11.1 Å². The van der Waals surface area contributed by atoms with Crippen molar-refractivity contribution in [2.45, 2.75) is 51.6 Å². The van der Waals surface area contributed by atoms with E-state index in [4.69, 9.17) is 0 Å². The molecule has 2 nitrogen and oxygen atoms in total. The van der Waals surface area contributed by atoms with Gasteiger partial charge in [0.15, 0.2) is 0 Å². The number of nitrogens with zero attached hydrogens (tertiary/aromatic N) is 1. The van der Waals surface area contributed by atoms with Crippen molar-refractivity contribution < 1.29 is 0 Å². The molecule has 0 saturated carbocycles. The van der Waals surface area contributed by atoms with Crippen molar-refractivity contribution in [2.75, 3.05) is 20.1 Å². The average molecular weight is 184 g/mol. The number of rotatable bonds is 0. The molecule has 0 aromatic carbocycles. The van der Waals surface area contributed by atoms with Gasteiger partial charge in [-0.1, -0.05) is 0 Å². The fourth-order valence-electron chi connectivity index (χ4n) is 2.09. The highest BCUT2D eigenvalue weighted by atomic mass is 15.1. The van der Waals surface area contributed by atoms with Gasteiger partial charge in [-0.25, -0.2) is 0 Å². The van der Waals surface area contributed by atoms with E-state index in [0.717, 1.165) is 0 Å². The van der Waals surface area contributed by atoms with E-state index in [1.165, 1.54) is 25.9 Å². The Hall–Kier alpha value is -0.0800. The molecule has 0 radical (unpaired) electrons. The van der Waals surface area contributed by atoms with Gasteiger partial charge in [0.2, 0.25) is 0 Å². The van der Waals surface area contributed by atoms with Crippen molar-refractivity contribution >= 4 is 0 Å². The van der Waals surface area contributed by atoms with E-state index in [2.05, 4.69) is 45.0 Å². The summed E-state index contributed by atoms with van der Waals surface area (Å²) < 4.78 is 0. The van der Waals surface area contributed by atoms with Crippen LogP contribution in [0.15, 0.2) is 0 Å². The van der Waals surface area contributed by atoms with Crippen LogP contribution in [0, 0.1) is 0 Å². The Kier molecular flexibility index (Phi) is 3.03. The zero-order valence-corrected chi connectivity index (χ0v) is 9.78. The summed E-state index contributed by atoms with van der Waals surface area (Å²) in [7, 11) is 2.22. The predicted molar refractivity (Wildman–Crippen MR) is 58.0 cm³/mol. The first kappa shape index (κ1) is 11.0. The normalized spacial score (nSPS) is 29.3. The molecule has 0 amide bonds. The smallest absolute Gasteiger partial charge is 0.0142 e. The lowest BCUT2D eigenvalue weighted by Crippen LogP contribution is -2.55. The van der Waals surface area contributed by atoms with Crippen LogP contribution in [0.25, 0.3) is 0 Å². The van der Waals surface area contributed by atoms with Gasteiger partial charge < -0.3 is 10.2 Å². The van der Waals surface area contributed by atoms with Crippen LogP contribution in [0.1, 0.15) is 40.5 Å². The van der Waals surface area contributed by atoms with E-state index in [1.807, 2.05) is 0 Å². The lowest BCUT2D eigenvalue weighted by Gasteiger charge is -2.41. The van der Waals surface area contributed by atoms with Crippen molar-refractivity contribution in [3.8, 4) is 0 Å². The van der Waals surface area contributed by atoms with Crippen molar-refractivity contribution in [1.82, 2.24) is 10.2 Å². The van der Waals surface area contributed by atoms with Gasteiger partial charge in [0.05, 0.1) is 0 Å². The van der Waals surface area contributed by atoms with Crippen LogP contribution in [0.3, 0.4) is 0 Å². The second-order valence-electron chi connectivity index (χ2n) is 5.70. The third kappa shape index (κ3) is 3.65. The lowest BCUT2D eigenvalue weighted by molar-refractivity contribution is 0.162. The third-order valence-corrected chi connectivity index (χ3v) is 2.91. The monoisotopic (exact) mass is 184 g/mol. The first-order chi connectivity index (χ1) is 5.81. The van der Waals surface area contributed by atoms with E-state index in [1.54, 1.807) is 0 Å². The van der Waals surface area contributed by atoms with Gasteiger partial charge in [-0.15, -0.1) is 0 Å². The molecule has 13 heavy (non-hydrogen) atoms. The first-order valence-corrected chi connectivity index (χ1v) is 5.29. The van der Waals surface area contributed by atoms with Crippen LogP contribution < -0.4 is 5.32 Å². The average Bonchev–Trinajstić information content (AvgIpc) is 1.94. The fourth-order valence-corrected chi connectivity index (χ4v) is 2.09. The molecule has 0 atom stereocenters. The van der Waals surface area contributed by atoms with E-state index < -0.39 is 0 Å². The quantitative estimate of drug-likeness (QED) is 0.618. The molecule has 1 saturated heterocycles. The van der Waals surface area contributed by atoms with E-state index in [0.29, 0.717) is 0 Å². The molecule has 0 aromatic heterocycles. The van der Waals surface area contributed by atoms with Crippen LogP contribution in [0.5, 0.6) is 0 Å². The molecule has 1 rings (SSSR count). The second kappa shape index (κ2) is 3.58. The van der Waals surface area contributed by atoms with Gasteiger partial charge in [0.1, 0.15) is 0 Å².